The van der Waals surface area contributed by atoms with E-state index in [1.807, 2.05) is 29.5 Å². The van der Waals surface area contributed by atoms with E-state index in [-0.39, 0.29) is 0 Å². The molecule has 1 heterocycles. The van der Waals surface area contributed by atoms with Gasteiger partial charge in [-0.2, -0.15) is 0 Å². The zero-order valence-corrected chi connectivity index (χ0v) is 11.8. The predicted octanol–water partition coefficient (Wildman–Crippen LogP) is 3.92. The van der Waals surface area contributed by atoms with Crippen LogP contribution in [0.2, 0.25) is 0 Å². The molecule has 0 spiro atoms. The van der Waals surface area contributed by atoms with Crippen molar-refractivity contribution in [3.8, 4) is 5.75 Å². The van der Waals surface area contributed by atoms with Crippen LogP contribution in [-0.4, -0.2) is 5.11 Å². The second kappa shape index (κ2) is 5.55. The Bertz CT molecular complexity index is 533. The Kier molecular flexibility index (Phi) is 4.04. The first-order valence-corrected chi connectivity index (χ1v) is 6.96. The molecule has 1 atom stereocenters. The van der Waals surface area contributed by atoms with Gasteiger partial charge in [0.05, 0.1) is 0 Å². The van der Waals surface area contributed by atoms with Crippen LogP contribution in [0.5, 0.6) is 5.75 Å². The molecule has 1 unspecified atom stereocenters. The van der Waals surface area contributed by atoms with E-state index < -0.39 is 0 Å². The maximum Gasteiger partial charge on any atom is 0.120 e. The molecular weight excluding hydrogens is 242 g/mol. The van der Waals surface area contributed by atoms with Crippen LogP contribution in [0, 0.1) is 13.8 Å². The quantitative estimate of drug-likeness (QED) is 0.874. The molecule has 18 heavy (non-hydrogen) atoms. The van der Waals surface area contributed by atoms with E-state index in [9.17, 15) is 5.11 Å². The summed E-state index contributed by atoms with van der Waals surface area (Å²) >= 11 is 1.83. The number of thiophene rings is 1. The van der Waals surface area contributed by atoms with Gasteiger partial charge in [-0.05, 0) is 38.5 Å². The van der Waals surface area contributed by atoms with Gasteiger partial charge in [0, 0.05) is 27.9 Å². The fraction of sp³-hybridized carbons (Fsp3) is 0.333. The molecule has 0 fully saturated rings. The highest BCUT2D eigenvalue weighted by molar-refractivity contribution is 7.12. The van der Waals surface area contributed by atoms with Gasteiger partial charge in [-0.3, -0.25) is 0 Å². The molecule has 3 heteroatoms. The number of aromatic hydroxyl groups is 1. The van der Waals surface area contributed by atoms with Crippen molar-refractivity contribution in [2.24, 2.45) is 0 Å². The fourth-order valence-electron chi connectivity index (χ4n) is 2.11. The third-order valence-corrected chi connectivity index (χ3v) is 4.12. The minimum Gasteiger partial charge on any atom is -0.508 e. The molecule has 96 valence electrons. The molecule has 0 saturated carbocycles. The summed E-state index contributed by atoms with van der Waals surface area (Å²) in [6.07, 6.45) is 0. The van der Waals surface area contributed by atoms with Crippen molar-refractivity contribution >= 4 is 11.3 Å². The lowest BCUT2D eigenvalue weighted by atomic mass is 10.1. The van der Waals surface area contributed by atoms with Crippen LogP contribution >= 0.6 is 11.3 Å². The number of hydrogen-bond acceptors (Lipinski definition) is 3. The lowest BCUT2D eigenvalue weighted by Crippen LogP contribution is -2.18. The maximum absolute atomic E-state index is 9.71. The molecule has 2 aromatic rings. The topological polar surface area (TPSA) is 32.3 Å². The molecule has 0 saturated heterocycles. The molecular formula is C15H19NOS. The highest BCUT2D eigenvalue weighted by Crippen LogP contribution is 2.26. The Morgan fingerprint density at radius 1 is 1.28 bits per heavy atom. The number of rotatable bonds is 4. The SMILES string of the molecule is Cc1cc(C(C)NCc2ccccc2O)c(C)s1. The average Bonchev–Trinajstić information content (AvgIpc) is 2.67. The third-order valence-electron chi connectivity index (χ3n) is 3.14. The largest absolute Gasteiger partial charge is 0.508 e. The highest BCUT2D eigenvalue weighted by Gasteiger charge is 2.11. The van der Waals surface area contributed by atoms with Gasteiger partial charge in [0.15, 0.2) is 0 Å². The number of aryl methyl sites for hydroxylation is 2. The molecule has 2 nitrogen and oxygen atoms in total. The van der Waals surface area contributed by atoms with Crippen LogP contribution in [0.25, 0.3) is 0 Å². The maximum atomic E-state index is 9.71. The predicted molar refractivity (Wildman–Crippen MR) is 77.2 cm³/mol. The summed E-state index contributed by atoms with van der Waals surface area (Å²) in [5.74, 6) is 0.357. The summed E-state index contributed by atoms with van der Waals surface area (Å²) in [4.78, 5) is 2.71. The first kappa shape index (κ1) is 13.1. The normalized spacial score (nSPS) is 12.6. The molecule has 0 aliphatic carbocycles. The van der Waals surface area contributed by atoms with Gasteiger partial charge in [-0.1, -0.05) is 18.2 Å². The summed E-state index contributed by atoms with van der Waals surface area (Å²) in [5.41, 5.74) is 2.29. The first-order chi connectivity index (χ1) is 8.58. The van der Waals surface area contributed by atoms with Crippen LogP contribution < -0.4 is 5.32 Å². The minimum atomic E-state index is 0.301. The zero-order valence-electron chi connectivity index (χ0n) is 11.0. The molecule has 1 aromatic carbocycles. The van der Waals surface area contributed by atoms with Crippen molar-refractivity contribution < 1.29 is 5.11 Å². The van der Waals surface area contributed by atoms with E-state index in [1.54, 1.807) is 6.07 Å². The number of nitrogens with one attached hydrogen (secondary N) is 1. The lowest BCUT2D eigenvalue weighted by Gasteiger charge is -2.14. The lowest BCUT2D eigenvalue weighted by molar-refractivity contribution is 0.460. The van der Waals surface area contributed by atoms with Crippen molar-refractivity contribution in [3.05, 3.63) is 51.2 Å². The molecule has 0 amide bonds. The van der Waals surface area contributed by atoms with Gasteiger partial charge in [0.2, 0.25) is 0 Å². The Labute approximate surface area is 112 Å². The Balaban J connectivity index is 2.03. The Morgan fingerprint density at radius 3 is 2.61 bits per heavy atom. The van der Waals surface area contributed by atoms with E-state index in [0.29, 0.717) is 18.3 Å². The highest BCUT2D eigenvalue weighted by atomic mass is 32.1. The van der Waals surface area contributed by atoms with Crippen LogP contribution in [0.3, 0.4) is 0 Å². The number of phenols is 1. The monoisotopic (exact) mass is 261 g/mol. The number of benzene rings is 1. The number of para-hydroxylation sites is 1. The third kappa shape index (κ3) is 2.92. The van der Waals surface area contributed by atoms with Crippen molar-refractivity contribution in [1.82, 2.24) is 5.32 Å². The van der Waals surface area contributed by atoms with Crippen molar-refractivity contribution in [3.63, 3.8) is 0 Å². The van der Waals surface area contributed by atoms with Gasteiger partial charge in [0.1, 0.15) is 5.75 Å². The molecule has 1 aromatic heterocycles. The van der Waals surface area contributed by atoms with Crippen molar-refractivity contribution in [2.45, 2.75) is 33.4 Å². The van der Waals surface area contributed by atoms with Gasteiger partial charge in [-0.25, -0.2) is 0 Å². The van der Waals surface area contributed by atoms with E-state index in [2.05, 4.69) is 32.2 Å². The Hall–Kier alpha value is -1.32. The van der Waals surface area contributed by atoms with Gasteiger partial charge >= 0.3 is 0 Å². The van der Waals surface area contributed by atoms with Crippen molar-refractivity contribution in [2.75, 3.05) is 0 Å². The number of phenolic OH excluding ortho intramolecular Hbond substituents is 1. The van der Waals surface area contributed by atoms with Crippen LogP contribution in [0.15, 0.2) is 30.3 Å². The summed E-state index contributed by atoms with van der Waals surface area (Å²) < 4.78 is 0. The molecule has 2 N–H and O–H groups in total. The molecule has 2 rings (SSSR count). The summed E-state index contributed by atoms with van der Waals surface area (Å²) in [5, 5.41) is 13.2. The molecule has 0 aliphatic rings. The van der Waals surface area contributed by atoms with Crippen LogP contribution in [0.1, 0.15) is 33.8 Å². The minimum absolute atomic E-state index is 0.301. The van der Waals surface area contributed by atoms with E-state index in [0.717, 1.165) is 5.56 Å². The number of hydrogen-bond donors (Lipinski definition) is 2. The summed E-state index contributed by atoms with van der Waals surface area (Å²) in [6, 6.07) is 10.00. The molecule has 0 radical (unpaired) electrons. The van der Waals surface area contributed by atoms with Gasteiger partial charge in [-0.15, -0.1) is 11.3 Å². The van der Waals surface area contributed by atoms with Gasteiger partial charge < -0.3 is 10.4 Å². The van der Waals surface area contributed by atoms with Crippen LogP contribution in [-0.2, 0) is 6.54 Å². The second-order valence-corrected chi connectivity index (χ2v) is 6.06. The second-order valence-electron chi connectivity index (χ2n) is 4.60. The summed E-state index contributed by atoms with van der Waals surface area (Å²) in [6.45, 7) is 7.14. The van der Waals surface area contributed by atoms with Crippen LogP contribution in [0.4, 0.5) is 0 Å². The molecule has 0 bridgehead atoms. The van der Waals surface area contributed by atoms with Crippen molar-refractivity contribution in [1.29, 1.82) is 0 Å². The standard InChI is InChI=1S/C15H19NOS/c1-10-8-14(12(3)18-10)11(2)16-9-13-6-4-5-7-15(13)17/h4-8,11,16-17H,9H2,1-3H3. The first-order valence-electron chi connectivity index (χ1n) is 6.15. The van der Waals surface area contributed by atoms with E-state index in [4.69, 9.17) is 0 Å². The smallest absolute Gasteiger partial charge is 0.120 e. The zero-order chi connectivity index (χ0) is 13.1. The molecule has 0 aliphatic heterocycles. The average molecular weight is 261 g/mol. The summed E-state index contributed by atoms with van der Waals surface area (Å²) in [7, 11) is 0. The Morgan fingerprint density at radius 2 is 2.00 bits per heavy atom. The van der Waals surface area contributed by atoms with E-state index in [1.165, 1.54) is 15.3 Å². The van der Waals surface area contributed by atoms with Gasteiger partial charge in [0.25, 0.3) is 0 Å². The fourth-order valence-corrected chi connectivity index (χ4v) is 3.14. The van der Waals surface area contributed by atoms with E-state index >= 15 is 0 Å².